The van der Waals surface area contributed by atoms with Gasteiger partial charge in [0.15, 0.2) is 0 Å². The molecule has 0 spiro atoms. The van der Waals surface area contributed by atoms with Crippen LogP contribution in [0.3, 0.4) is 0 Å². The van der Waals surface area contributed by atoms with Crippen LogP contribution in [0, 0.1) is 10.8 Å². The molecule has 0 unspecified atom stereocenters. The molecule has 3 aliphatic rings. The number of nitrogens with two attached hydrogens (primary N) is 1. The highest BCUT2D eigenvalue weighted by Crippen LogP contribution is 2.57. The first-order valence-corrected chi connectivity index (χ1v) is 5.43. The summed E-state index contributed by atoms with van der Waals surface area (Å²) in [6.07, 6.45) is 4.50. The molecule has 1 amide bonds. The van der Waals surface area contributed by atoms with Crippen molar-refractivity contribution in [1.82, 2.24) is 0 Å². The van der Waals surface area contributed by atoms with Gasteiger partial charge in [0, 0.05) is 5.41 Å². The van der Waals surface area contributed by atoms with Crippen LogP contribution in [0.4, 0.5) is 0 Å². The highest BCUT2D eigenvalue weighted by Gasteiger charge is 2.55. The van der Waals surface area contributed by atoms with E-state index in [9.17, 15) is 9.59 Å². The maximum absolute atomic E-state index is 11.7. The van der Waals surface area contributed by atoms with Crippen molar-refractivity contribution in [3.8, 4) is 0 Å². The standard InChI is InChI=1S/C11H17NO3/c1-15-9(14)11-5-2-10(3-6-11,4-7-11)8(12)13/h2-7H2,1H3,(H2,12,13). The van der Waals surface area contributed by atoms with Gasteiger partial charge in [-0.25, -0.2) is 0 Å². The molecule has 4 heteroatoms. The van der Waals surface area contributed by atoms with Crippen LogP contribution in [0.25, 0.3) is 0 Å². The van der Waals surface area contributed by atoms with Crippen molar-refractivity contribution in [3.05, 3.63) is 0 Å². The topological polar surface area (TPSA) is 69.4 Å². The largest absolute Gasteiger partial charge is 0.469 e. The number of methoxy groups -OCH3 is 1. The molecule has 15 heavy (non-hydrogen) atoms. The summed E-state index contributed by atoms with van der Waals surface area (Å²) in [7, 11) is 1.43. The van der Waals surface area contributed by atoms with E-state index in [-0.39, 0.29) is 22.7 Å². The van der Waals surface area contributed by atoms with E-state index in [0.29, 0.717) is 0 Å². The van der Waals surface area contributed by atoms with E-state index in [0.717, 1.165) is 38.5 Å². The van der Waals surface area contributed by atoms with Gasteiger partial charge in [0.2, 0.25) is 5.91 Å². The average molecular weight is 211 g/mol. The molecule has 3 aliphatic carbocycles. The second-order valence-corrected chi connectivity index (χ2v) is 4.92. The molecule has 0 saturated heterocycles. The fourth-order valence-corrected chi connectivity index (χ4v) is 3.08. The van der Waals surface area contributed by atoms with Gasteiger partial charge in [-0.3, -0.25) is 9.59 Å². The Balaban J connectivity index is 2.17. The monoisotopic (exact) mass is 211 g/mol. The lowest BCUT2D eigenvalue weighted by atomic mass is 9.53. The van der Waals surface area contributed by atoms with Crippen molar-refractivity contribution < 1.29 is 14.3 Å². The molecule has 3 rings (SSSR count). The summed E-state index contributed by atoms with van der Waals surface area (Å²) in [6.45, 7) is 0. The maximum Gasteiger partial charge on any atom is 0.311 e. The Morgan fingerprint density at radius 1 is 1.00 bits per heavy atom. The minimum absolute atomic E-state index is 0.111. The lowest BCUT2D eigenvalue weighted by Gasteiger charge is -2.50. The number of carbonyl (C=O) groups excluding carboxylic acids is 2. The fraction of sp³-hybridized carbons (Fsp3) is 0.818. The molecule has 3 saturated carbocycles. The molecule has 0 atom stereocenters. The Morgan fingerprint density at radius 3 is 1.73 bits per heavy atom. The lowest BCUT2D eigenvalue weighted by Crippen LogP contribution is -2.51. The van der Waals surface area contributed by atoms with Gasteiger partial charge in [-0.05, 0) is 38.5 Å². The second kappa shape index (κ2) is 3.22. The van der Waals surface area contributed by atoms with Crippen molar-refractivity contribution in [2.75, 3.05) is 7.11 Å². The molecule has 0 aliphatic heterocycles. The summed E-state index contributed by atoms with van der Waals surface area (Å²) in [6, 6.07) is 0. The van der Waals surface area contributed by atoms with E-state index < -0.39 is 0 Å². The Morgan fingerprint density at radius 2 is 1.40 bits per heavy atom. The normalized spacial score (nSPS) is 38.7. The number of fused-ring (bicyclic) bond motifs is 3. The second-order valence-electron chi connectivity index (χ2n) is 4.92. The van der Waals surface area contributed by atoms with Crippen molar-refractivity contribution >= 4 is 11.9 Å². The van der Waals surface area contributed by atoms with Crippen LogP contribution in [0.1, 0.15) is 38.5 Å². The molecule has 0 radical (unpaired) electrons. The minimum Gasteiger partial charge on any atom is -0.469 e. The van der Waals surface area contributed by atoms with Gasteiger partial charge in [0.25, 0.3) is 0 Å². The number of amides is 1. The van der Waals surface area contributed by atoms with Crippen molar-refractivity contribution in [2.45, 2.75) is 38.5 Å². The average Bonchev–Trinajstić information content (AvgIpc) is 2.30. The van der Waals surface area contributed by atoms with Gasteiger partial charge in [-0.1, -0.05) is 0 Å². The number of hydrogen-bond donors (Lipinski definition) is 1. The number of carbonyl (C=O) groups is 2. The van der Waals surface area contributed by atoms with E-state index in [1.165, 1.54) is 7.11 Å². The molecule has 0 aromatic carbocycles. The van der Waals surface area contributed by atoms with Gasteiger partial charge in [0.1, 0.15) is 0 Å². The third-order valence-electron chi connectivity index (χ3n) is 4.39. The van der Waals surface area contributed by atoms with Gasteiger partial charge in [-0.2, -0.15) is 0 Å². The van der Waals surface area contributed by atoms with Crippen molar-refractivity contribution in [2.24, 2.45) is 16.6 Å². The van der Waals surface area contributed by atoms with Crippen LogP contribution in [-0.2, 0) is 14.3 Å². The molecular weight excluding hydrogens is 194 g/mol. The van der Waals surface area contributed by atoms with E-state index in [1.807, 2.05) is 0 Å². The zero-order valence-corrected chi connectivity index (χ0v) is 9.04. The fourth-order valence-electron chi connectivity index (χ4n) is 3.08. The maximum atomic E-state index is 11.7. The first-order chi connectivity index (χ1) is 7.05. The van der Waals surface area contributed by atoms with Crippen molar-refractivity contribution in [3.63, 3.8) is 0 Å². The summed E-state index contributed by atoms with van der Waals surface area (Å²) in [5.41, 5.74) is 4.80. The lowest BCUT2D eigenvalue weighted by molar-refractivity contribution is -0.165. The van der Waals surface area contributed by atoms with E-state index in [1.54, 1.807) is 0 Å². The van der Waals surface area contributed by atoms with E-state index >= 15 is 0 Å². The first-order valence-electron chi connectivity index (χ1n) is 5.43. The number of esters is 1. The third kappa shape index (κ3) is 1.34. The summed E-state index contributed by atoms with van der Waals surface area (Å²) in [5.74, 6) is -0.305. The summed E-state index contributed by atoms with van der Waals surface area (Å²) >= 11 is 0. The van der Waals surface area contributed by atoms with Gasteiger partial charge >= 0.3 is 5.97 Å². The van der Waals surface area contributed by atoms with Gasteiger partial charge in [0.05, 0.1) is 12.5 Å². The molecular formula is C11H17NO3. The minimum atomic E-state index is -0.324. The summed E-state index contributed by atoms with van der Waals surface area (Å²) in [4.78, 5) is 23.1. The van der Waals surface area contributed by atoms with Gasteiger partial charge in [-0.15, -0.1) is 0 Å². The molecule has 2 bridgehead atoms. The highest BCUT2D eigenvalue weighted by atomic mass is 16.5. The number of hydrogen-bond acceptors (Lipinski definition) is 3. The molecule has 2 N–H and O–H groups in total. The van der Waals surface area contributed by atoms with Crippen LogP contribution in [0.15, 0.2) is 0 Å². The molecule has 4 nitrogen and oxygen atoms in total. The van der Waals surface area contributed by atoms with Crippen molar-refractivity contribution in [1.29, 1.82) is 0 Å². The SMILES string of the molecule is COC(=O)C12CCC(C(N)=O)(CC1)CC2. The number of primary amides is 1. The van der Waals surface area contributed by atoms with E-state index in [4.69, 9.17) is 10.5 Å². The molecule has 3 fully saturated rings. The van der Waals surface area contributed by atoms with Crippen LogP contribution in [0.5, 0.6) is 0 Å². The highest BCUT2D eigenvalue weighted by molar-refractivity contribution is 5.83. The Hall–Kier alpha value is -1.06. The Labute approximate surface area is 89.2 Å². The smallest absolute Gasteiger partial charge is 0.311 e. The summed E-state index contributed by atoms with van der Waals surface area (Å²) < 4.78 is 4.85. The predicted octanol–water partition coefficient (Wildman–Crippen LogP) is 0.985. The number of rotatable bonds is 2. The van der Waals surface area contributed by atoms with Crippen LogP contribution < -0.4 is 5.73 Å². The third-order valence-corrected chi connectivity index (χ3v) is 4.39. The van der Waals surface area contributed by atoms with E-state index in [2.05, 4.69) is 0 Å². The van der Waals surface area contributed by atoms with Gasteiger partial charge < -0.3 is 10.5 Å². The molecule has 0 heterocycles. The molecule has 0 aromatic rings. The summed E-state index contributed by atoms with van der Waals surface area (Å²) in [5, 5.41) is 0. The van der Waals surface area contributed by atoms with Crippen LogP contribution in [0.2, 0.25) is 0 Å². The predicted molar refractivity (Wildman–Crippen MR) is 53.8 cm³/mol. The Bertz CT molecular complexity index is 286. The molecule has 0 aromatic heterocycles. The Kier molecular flexibility index (Phi) is 2.24. The zero-order chi connectivity index (χ0) is 11.1. The van der Waals surface area contributed by atoms with Crippen LogP contribution in [-0.4, -0.2) is 19.0 Å². The van der Waals surface area contributed by atoms with Crippen LogP contribution >= 0.6 is 0 Å². The number of ether oxygens (including phenoxy) is 1. The quantitative estimate of drug-likeness (QED) is 0.692. The zero-order valence-electron chi connectivity index (χ0n) is 9.04. The molecule has 84 valence electrons. The first kappa shape index (κ1) is 10.5.